The molecular weight excluding hydrogens is 408 g/mol. The van der Waals surface area contributed by atoms with Crippen LogP contribution in [-0.4, -0.2) is 67.6 Å². The van der Waals surface area contributed by atoms with Gasteiger partial charge >= 0.3 is 0 Å². The Morgan fingerprint density at radius 2 is 1.59 bits per heavy atom. The first-order valence-corrected chi connectivity index (χ1v) is 10.8. The summed E-state index contributed by atoms with van der Waals surface area (Å²) in [5.41, 5.74) is 10.8. The normalized spacial score (nSPS) is 16.7. The van der Waals surface area contributed by atoms with Crippen LogP contribution in [-0.2, 0) is 9.47 Å². The van der Waals surface area contributed by atoms with Gasteiger partial charge in [0.25, 0.3) is 6.01 Å². The number of oxazole rings is 1. The monoisotopic (exact) mass is 434 g/mol. The van der Waals surface area contributed by atoms with Crippen LogP contribution < -0.4 is 16.0 Å². The molecule has 2 fully saturated rings. The number of morpholine rings is 2. The van der Waals surface area contributed by atoms with E-state index in [9.17, 15) is 0 Å². The third-order valence-corrected chi connectivity index (χ3v) is 5.44. The summed E-state index contributed by atoms with van der Waals surface area (Å²) in [6, 6.07) is 12.0. The number of hydrogen-bond donors (Lipinski definition) is 2. The van der Waals surface area contributed by atoms with Gasteiger partial charge in [0.15, 0.2) is 5.58 Å². The number of rotatable bonds is 2. The maximum absolute atomic E-state index is 5.63. The van der Waals surface area contributed by atoms with Crippen LogP contribution in [0.1, 0.15) is 0 Å². The summed E-state index contributed by atoms with van der Waals surface area (Å²) in [4.78, 5) is 15.8. The number of fused-ring (bicyclic) bond motifs is 2. The maximum Gasteiger partial charge on any atom is 0.292 e. The second-order valence-corrected chi connectivity index (χ2v) is 7.63. The van der Waals surface area contributed by atoms with Gasteiger partial charge in [-0.3, -0.25) is 4.98 Å². The molecule has 0 bridgehead atoms. The fourth-order valence-electron chi connectivity index (χ4n) is 3.76. The highest BCUT2D eigenvalue weighted by atomic mass is 16.5. The van der Waals surface area contributed by atoms with E-state index >= 15 is 0 Å². The first-order valence-electron chi connectivity index (χ1n) is 10.8. The van der Waals surface area contributed by atoms with Gasteiger partial charge in [-0.2, -0.15) is 4.98 Å². The lowest BCUT2D eigenvalue weighted by molar-refractivity contribution is 0.109. The number of aromatic nitrogens is 3. The predicted octanol–water partition coefficient (Wildman–Crippen LogP) is 2.46. The summed E-state index contributed by atoms with van der Waals surface area (Å²) in [6.45, 7) is 7.02. The Morgan fingerprint density at radius 3 is 2.34 bits per heavy atom. The summed E-state index contributed by atoms with van der Waals surface area (Å²) in [6.07, 6.45) is 1.85. The van der Waals surface area contributed by atoms with E-state index in [2.05, 4.69) is 26.3 Å². The molecular formula is C23H26N6O3. The molecule has 0 saturated carbocycles. The van der Waals surface area contributed by atoms with Crippen LogP contribution in [0.15, 0.2) is 47.0 Å². The lowest BCUT2D eigenvalue weighted by Gasteiger charge is -2.27. The molecule has 0 aliphatic carbocycles. The van der Waals surface area contributed by atoms with Gasteiger partial charge in [-0.15, -0.1) is 0 Å². The van der Waals surface area contributed by atoms with Crippen LogP contribution in [0.25, 0.3) is 33.3 Å². The van der Waals surface area contributed by atoms with E-state index in [-0.39, 0.29) is 6.01 Å². The largest absolute Gasteiger partial charge is 0.424 e. The Hall–Kier alpha value is -3.27. The number of nitrogens with two attached hydrogens (primary N) is 1. The SMILES string of the molecule is C1COCCN1.Nc1nc2cc(-c3cnc4ccc(N5CCOCC5)nc4c3)ccc2o1. The van der Waals surface area contributed by atoms with Crippen molar-refractivity contribution in [1.82, 2.24) is 20.3 Å². The van der Waals surface area contributed by atoms with Gasteiger partial charge in [0.05, 0.1) is 37.5 Å². The highest BCUT2D eigenvalue weighted by Gasteiger charge is 2.13. The van der Waals surface area contributed by atoms with Gasteiger partial charge in [-0.05, 0) is 35.9 Å². The molecule has 0 atom stereocenters. The van der Waals surface area contributed by atoms with E-state index in [1.807, 2.05) is 36.5 Å². The van der Waals surface area contributed by atoms with Crippen LogP contribution in [0.2, 0.25) is 0 Å². The number of nitrogens with one attached hydrogen (secondary N) is 1. The average Bonchev–Trinajstić information content (AvgIpc) is 3.24. The Kier molecular flexibility index (Phi) is 6.11. The summed E-state index contributed by atoms with van der Waals surface area (Å²) in [7, 11) is 0. The first-order chi connectivity index (χ1) is 15.8. The van der Waals surface area contributed by atoms with Crippen LogP contribution in [0.4, 0.5) is 11.8 Å². The molecule has 1 aromatic carbocycles. The number of nitrogen functional groups attached to an aromatic ring is 1. The molecule has 0 unspecified atom stereocenters. The fraction of sp³-hybridized carbons (Fsp3) is 0.348. The number of anilines is 2. The lowest BCUT2D eigenvalue weighted by Crippen LogP contribution is -2.36. The van der Waals surface area contributed by atoms with Gasteiger partial charge in [0, 0.05) is 37.9 Å². The number of hydrogen-bond acceptors (Lipinski definition) is 9. The van der Waals surface area contributed by atoms with E-state index < -0.39 is 0 Å². The van der Waals surface area contributed by atoms with E-state index in [0.717, 1.165) is 86.1 Å². The number of nitrogens with zero attached hydrogens (tertiary/aromatic N) is 4. The number of ether oxygens (including phenoxy) is 2. The molecule has 2 saturated heterocycles. The minimum absolute atomic E-state index is 0.172. The zero-order valence-electron chi connectivity index (χ0n) is 17.8. The van der Waals surface area contributed by atoms with Crippen molar-refractivity contribution in [3.8, 4) is 11.1 Å². The lowest BCUT2D eigenvalue weighted by atomic mass is 10.1. The van der Waals surface area contributed by atoms with E-state index in [4.69, 9.17) is 24.6 Å². The highest BCUT2D eigenvalue weighted by Crippen LogP contribution is 2.27. The second kappa shape index (κ2) is 9.47. The summed E-state index contributed by atoms with van der Waals surface area (Å²) in [5.74, 6) is 0.958. The standard InChI is InChI=1S/C19H17N5O2.C4H9NO/c20-19-23-16-9-12(1-3-17(16)26-19)13-10-15-14(21-11-13)2-4-18(22-15)24-5-7-25-8-6-24;1-3-6-4-2-5-1/h1-4,9-11H,5-8H2,(H2,20,23);5H,1-4H2. The van der Waals surface area contributed by atoms with Crippen molar-refractivity contribution >= 4 is 34.0 Å². The van der Waals surface area contributed by atoms with Gasteiger partial charge in [0.2, 0.25) is 0 Å². The van der Waals surface area contributed by atoms with Crippen molar-refractivity contribution in [2.24, 2.45) is 0 Å². The molecule has 2 aliphatic rings. The Morgan fingerprint density at radius 1 is 0.812 bits per heavy atom. The molecule has 0 amide bonds. The summed E-state index contributed by atoms with van der Waals surface area (Å²) in [5, 5.41) is 3.16. The predicted molar refractivity (Wildman–Crippen MR) is 124 cm³/mol. The summed E-state index contributed by atoms with van der Waals surface area (Å²) >= 11 is 0. The van der Waals surface area contributed by atoms with E-state index in [0.29, 0.717) is 5.58 Å². The molecule has 9 nitrogen and oxygen atoms in total. The van der Waals surface area contributed by atoms with Gasteiger partial charge in [-0.25, -0.2) is 4.98 Å². The van der Waals surface area contributed by atoms with E-state index in [1.165, 1.54) is 0 Å². The van der Waals surface area contributed by atoms with Gasteiger partial charge < -0.3 is 29.8 Å². The second-order valence-electron chi connectivity index (χ2n) is 7.63. The third-order valence-electron chi connectivity index (χ3n) is 5.44. The van der Waals surface area contributed by atoms with Gasteiger partial charge in [0.1, 0.15) is 11.3 Å². The Balaban J connectivity index is 0.000000314. The average molecular weight is 435 g/mol. The minimum Gasteiger partial charge on any atom is -0.424 e. The molecule has 2 aliphatic heterocycles. The topological polar surface area (TPSA) is 112 Å². The van der Waals surface area contributed by atoms with Crippen molar-refractivity contribution in [1.29, 1.82) is 0 Å². The van der Waals surface area contributed by atoms with Crippen molar-refractivity contribution in [2.45, 2.75) is 0 Å². The van der Waals surface area contributed by atoms with Crippen LogP contribution in [0.3, 0.4) is 0 Å². The molecule has 32 heavy (non-hydrogen) atoms. The quantitative estimate of drug-likeness (QED) is 0.491. The zero-order valence-corrected chi connectivity index (χ0v) is 17.8. The highest BCUT2D eigenvalue weighted by molar-refractivity contribution is 5.85. The zero-order chi connectivity index (χ0) is 21.8. The Labute approximate surface area is 185 Å². The molecule has 9 heteroatoms. The molecule has 3 N–H and O–H groups in total. The molecule has 5 heterocycles. The molecule has 6 rings (SSSR count). The van der Waals surface area contributed by atoms with Crippen LogP contribution in [0, 0.1) is 0 Å². The van der Waals surface area contributed by atoms with Crippen molar-refractivity contribution in [3.63, 3.8) is 0 Å². The molecule has 0 radical (unpaired) electrons. The third kappa shape index (κ3) is 4.64. The number of benzene rings is 1. The van der Waals surface area contributed by atoms with Crippen LogP contribution in [0.5, 0.6) is 0 Å². The number of pyridine rings is 2. The smallest absolute Gasteiger partial charge is 0.292 e. The fourth-order valence-corrected chi connectivity index (χ4v) is 3.76. The maximum atomic E-state index is 5.63. The molecule has 0 spiro atoms. The molecule has 166 valence electrons. The summed E-state index contributed by atoms with van der Waals surface area (Å²) < 4.78 is 15.8. The Bertz CT molecular complexity index is 1190. The minimum atomic E-state index is 0.172. The molecule has 3 aromatic heterocycles. The van der Waals surface area contributed by atoms with Crippen molar-refractivity contribution < 1.29 is 13.9 Å². The first kappa shape index (κ1) is 20.6. The molecule has 4 aromatic rings. The van der Waals surface area contributed by atoms with Crippen molar-refractivity contribution in [2.75, 3.05) is 63.2 Å². The van der Waals surface area contributed by atoms with E-state index in [1.54, 1.807) is 0 Å². The van der Waals surface area contributed by atoms with Crippen molar-refractivity contribution in [3.05, 3.63) is 42.6 Å². The van der Waals surface area contributed by atoms with Gasteiger partial charge in [-0.1, -0.05) is 6.07 Å². The van der Waals surface area contributed by atoms with Crippen LogP contribution >= 0.6 is 0 Å².